The minimum atomic E-state index is -0.359. The SMILES string of the molecule is Cc1cc(-c2cc(F)ccc2CNC(C)C)c(Cl)cc1F. The van der Waals surface area contributed by atoms with Gasteiger partial charge in [0, 0.05) is 18.2 Å². The van der Waals surface area contributed by atoms with E-state index in [0.717, 1.165) is 5.56 Å². The van der Waals surface area contributed by atoms with Crippen LogP contribution in [0.5, 0.6) is 0 Å². The van der Waals surface area contributed by atoms with E-state index in [1.165, 1.54) is 18.2 Å². The second kappa shape index (κ2) is 6.54. The molecule has 0 aromatic heterocycles. The van der Waals surface area contributed by atoms with Crippen LogP contribution >= 0.6 is 11.6 Å². The van der Waals surface area contributed by atoms with Crippen molar-refractivity contribution in [2.75, 3.05) is 0 Å². The lowest BCUT2D eigenvalue weighted by Crippen LogP contribution is -2.22. The van der Waals surface area contributed by atoms with E-state index in [1.54, 1.807) is 19.1 Å². The van der Waals surface area contributed by atoms with Gasteiger partial charge in [0.05, 0.1) is 5.02 Å². The van der Waals surface area contributed by atoms with Crippen LogP contribution in [0.15, 0.2) is 30.3 Å². The second-order valence-corrected chi connectivity index (χ2v) is 5.83. The molecular weight excluding hydrogens is 292 g/mol. The molecule has 0 aliphatic heterocycles. The van der Waals surface area contributed by atoms with Crippen molar-refractivity contribution < 1.29 is 8.78 Å². The van der Waals surface area contributed by atoms with E-state index in [-0.39, 0.29) is 16.7 Å². The molecule has 2 rings (SSSR count). The number of nitrogens with one attached hydrogen (secondary N) is 1. The summed E-state index contributed by atoms with van der Waals surface area (Å²) in [7, 11) is 0. The Morgan fingerprint density at radius 2 is 1.81 bits per heavy atom. The molecular formula is C17H18ClF2N. The van der Waals surface area contributed by atoms with E-state index in [4.69, 9.17) is 11.6 Å². The van der Waals surface area contributed by atoms with Gasteiger partial charge in [-0.2, -0.15) is 0 Å². The molecule has 2 aromatic carbocycles. The van der Waals surface area contributed by atoms with Crippen molar-refractivity contribution in [1.29, 1.82) is 0 Å². The van der Waals surface area contributed by atoms with Crippen LogP contribution in [0.25, 0.3) is 11.1 Å². The summed E-state index contributed by atoms with van der Waals surface area (Å²) in [5.41, 5.74) is 2.76. The Bertz CT molecular complexity index is 653. The molecule has 0 saturated carbocycles. The molecule has 0 heterocycles. The summed E-state index contributed by atoms with van der Waals surface area (Å²) in [6, 6.07) is 7.84. The van der Waals surface area contributed by atoms with E-state index < -0.39 is 0 Å². The summed E-state index contributed by atoms with van der Waals surface area (Å²) in [5, 5.41) is 3.58. The normalized spacial score (nSPS) is 11.2. The van der Waals surface area contributed by atoms with Crippen molar-refractivity contribution in [3.05, 3.63) is 58.1 Å². The molecule has 4 heteroatoms. The molecule has 21 heavy (non-hydrogen) atoms. The van der Waals surface area contributed by atoms with E-state index in [2.05, 4.69) is 5.32 Å². The number of benzene rings is 2. The molecule has 0 spiro atoms. The molecule has 0 amide bonds. The first-order valence-electron chi connectivity index (χ1n) is 6.86. The van der Waals surface area contributed by atoms with Crippen molar-refractivity contribution in [3.8, 4) is 11.1 Å². The minimum absolute atomic E-state index is 0.287. The van der Waals surface area contributed by atoms with Gasteiger partial charge in [0.1, 0.15) is 11.6 Å². The van der Waals surface area contributed by atoms with Gasteiger partial charge in [-0.1, -0.05) is 31.5 Å². The highest BCUT2D eigenvalue weighted by Gasteiger charge is 2.13. The third kappa shape index (κ3) is 3.80. The summed E-state index contributed by atoms with van der Waals surface area (Å²) >= 11 is 6.14. The van der Waals surface area contributed by atoms with E-state index in [0.29, 0.717) is 29.3 Å². The fraction of sp³-hybridized carbons (Fsp3) is 0.294. The van der Waals surface area contributed by atoms with Crippen LogP contribution in [0, 0.1) is 18.6 Å². The first kappa shape index (κ1) is 15.9. The number of hydrogen-bond donors (Lipinski definition) is 1. The van der Waals surface area contributed by atoms with E-state index in [9.17, 15) is 8.78 Å². The summed E-state index contributed by atoms with van der Waals surface area (Å²) in [4.78, 5) is 0. The molecule has 0 bridgehead atoms. The molecule has 112 valence electrons. The summed E-state index contributed by atoms with van der Waals surface area (Å²) in [6.07, 6.45) is 0. The Kier molecular flexibility index (Phi) is 4.96. The number of aryl methyl sites for hydroxylation is 1. The number of hydrogen-bond acceptors (Lipinski definition) is 1. The van der Waals surface area contributed by atoms with Crippen molar-refractivity contribution in [2.24, 2.45) is 0 Å². The highest BCUT2D eigenvalue weighted by molar-refractivity contribution is 6.33. The quantitative estimate of drug-likeness (QED) is 0.829. The topological polar surface area (TPSA) is 12.0 Å². The first-order chi connectivity index (χ1) is 9.88. The molecule has 0 atom stereocenters. The predicted octanol–water partition coefficient (Wildman–Crippen LogP) is 5.09. The third-order valence-electron chi connectivity index (χ3n) is 3.31. The Morgan fingerprint density at radius 1 is 1.10 bits per heavy atom. The van der Waals surface area contributed by atoms with Crippen LogP contribution in [0.3, 0.4) is 0 Å². The Balaban J connectivity index is 2.51. The predicted molar refractivity (Wildman–Crippen MR) is 83.5 cm³/mol. The van der Waals surface area contributed by atoms with Crippen LogP contribution in [-0.2, 0) is 6.54 Å². The monoisotopic (exact) mass is 309 g/mol. The van der Waals surface area contributed by atoms with Crippen LogP contribution in [0.4, 0.5) is 8.78 Å². The van der Waals surface area contributed by atoms with Crippen molar-refractivity contribution in [3.63, 3.8) is 0 Å². The zero-order valence-electron chi connectivity index (χ0n) is 12.3. The lowest BCUT2D eigenvalue weighted by molar-refractivity contribution is 0.587. The lowest BCUT2D eigenvalue weighted by atomic mass is 9.97. The van der Waals surface area contributed by atoms with Gasteiger partial charge >= 0.3 is 0 Å². The summed E-state index contributed by atoms with van der Waals surface area (Å²) < 4.78 is 27.1. The first-order valence-corrected chi connectivity index (χ1v) is 7.24. The molecule has 0 unspecified atom stereocenters. The fourth-order valence-electron chi connectivity index (χ4n) is 2.13. The van der Waals surface area contributed by atoms with Gasteiger partial charge in [-0.15, -0.1) is 0 Å². The molecule has 0 fully saturated rings. The highest BCUT2D eigenvalue weighted by Crippen LogP contribution is 2.33. The number of halogens is 3. The zero-order chi connectivity index (χ0) is 15.6. The van der Waals surface area contributed by atoms with Gasteiger partial charge in [0.15, 0.2) is 0 Å². The van der Waals surface area contributed by atoms with Crippen LogP contribution in [-0.4, -0.2) is 6.04 Å². The Labute approximate surface area is 128 Å². The molecule has 1 N–H and O–H groups in total. The Morgan fingerprint density at radius 3 is 2.48 bits per heavy atom. The molecule has 0 radical (unpaired) electrons. The fourth-order valence-corrected chi connectivity index (χ4v) is 2.38. The summed E-state index contributed by atoms with van der Waals surface area (Å²) in [6.45, 7) is 6.34. The Hall–Kier alpha value is -1.45. The third-order valence-corrected chi connectivity index (χ3v) is 3.62. The van der Waals surface area contributed by atoms with Crippen molar-refractivity contribution in [1.82, 2.24) is 5.32 Å². The van der Waals surface area contributed by atoms with Crippen LogP contribution in [0.2, 0.25) is 5.02 Å². The maximum Gasteiger partial charge on any atom is 0.127 e. The maximum absolute atomic E-state index is 13.6. The second-order valence-electron chi connectivity index (χ2n) is 5.42. The van der Waals surface area contributed by atoms with Gasteiger partial charge in [0.2, 0.25) is 0 Å². The highest BCUT2D eigenvalue weighted by atomic mass is 35.5. The minimum Gasteiger partial charge on any atom is -0.310 e. The zero-order valence-corrected chi connectivity index (χ0v) is 13.1. The van der Waals surface area contributed by atoms with E-state index >= 15 is 0 Å². The smallest absolute Gasteiger partial charge is 0.127 e. The van der Waals surface area contributed by atoms with Crippen molar-refractivity contribution in [2.45, 2.75) is 33.4 Å². The molecule has 0 saturated heterocycles. The van der Waals surface area contributed by atoms with Crippen molar-refractivity contribution >= 4 is 11.6 Å². The summed E-state index contributed by atoms with van der Waals surface area (Å²) in [5.74, 6) is -0.696. The van der Waals surface area contributed by atoms with E-state index in [1.807, 2.05) is 13.8 Å². The van der Waals surface area contributed by atoms with Gasteiger partial charge in [-0.3, -0.25) is 0 Å². The van der Waals surface area contributed by atoms with Crippen LogP contribution < -0.4 is 5.32 Å². The average molecular weight is 310 g/mol. The van der Waals surface area contributed by atoms with Gasteiger partial charge < -0.3 is 5.32 Å². The van der Waals surface area contributed by atoms with Crippen LogP contribution in [0.1, 0.15) is 25.0 Å². The standard InChI is InChI=1S/C17H18ClF2N/c1-10(2)21-9-12-4-5-13(19)7-14(12)15-6-11(3)17(20)8-16(15)18/h4-8,10,21H,9H2,1-3H3. The van der Waals surface area contributed by atoms with Gasteiger partial charge in [0.25, 0.3) is 0 Å². The van der Waals surface area contributed by atoms with Gasteiger partial charge in [-0.25, -0.2) is 8.78 Å². The maximum atomic E-state index is 13.6. The molecule has 0 aliphatic rings. The van der Waals surface area contributed by atoms with Gasteiger partial charge in [-0.05, 0) is 47.9 Å². The molecule has 2 aromatic rings. The lowest BCUT2D eigenvalue weighted by Gasteiger charge is -2.15. The molecule has 0 aliphatic carbocycles. The largest absolute Gasteiger partial charge is 0.310 e. The average Bonchev–Trinajstić information content (AvgIpc) is 2.41. The molecule has 1 nitrogen and oxygen atoms in total. The number of rotatable bonds is 4.